The summed E-state index contributed by atoms with van der Waals surface area (Å²) in [4.78, 5) is 0. The Hall–Kier alpha value is -0.0600. The Morgan fingerprint density at radius 2 is 1.50 bits per heavy atom. The summed E-state index contributed by atoms with van der Waals surface area (Å²) in [5, 5.41) is 1.28. The fraction of sp³-hybridized carbons (Fsp3) is 0.571. The highest BCUT2D eigenvalue weighted by Gasteiger charge is 2.21. The number of hydrogen-bond acceptors (Lipinski definition) is 0. The first kappa shape index (κ1) is 14.0. The largest absolute Gasteiger partial charge is 0.0948 e. The average Bonchev–Trinajstić information content (AvgIpc) is 2.14. The molecule has 90 valence electrons. The number of benzene rings is 1. The van der Waals surface area contributed by atoms with Gasteiger partial charge in [-0.25, -0.2) is 0 Å². The zero-order valence-corrected chi connectivity index (χ0v) is 12.9. The van der Waals surface area contributed by atoms with Crippen LogP contribution in [-0.4, -0.2) is 0 Å². The zero-order chi connectivity index (χ0) is 12.6. The van der Waals surface area contributed by atoms with Gasteiger partial charge in [-0.15, -0.1) is 0 Å². The first-order chi connectivity index (χ1) is 7.16. The fourth-order valence-corrected chi connectivity index (χ4v) is 2.90. The van der Waals surface area contributed by atoms with Crippen molar-refractivity contribution in [3.63, 3.8) is 0 Å². The maximum absolute atomic E-state index is 6.03. The van der Waals surface area contributed by atoms with Crippen molar-refractivity contribution in [2.24, 2.45) is 0 Å². The Bertz CT molecular complexity index is 369. The van der Waals surface area contributed by atoms with Crippen molar-refractivity contribution in [3.8, 4) is 0 Å². The molecule has 1 atom stereocenters. The van der Waals surface area contributed by atoms with Crippen LogP contribution in [0.2, 0.25) is 0 Å². The monoisotopic (exact) mass is 256 g/mol. The quantitative estimate of drug-likeness (QED) is 0.637. The number of halogens is 1. The molecule has 0 saturated heterocycles. The van der Waals surface area contributed by atoms with Crippen LogP contribution in [0.4, 0.5) is 0 Å². The lowest BCUT2D eigenvalue weighted by atomic mass is 9.81. The molecule has 0 nitrogen and oxygen atoms in total. The lowest BCUT2D eigenvalue weighted by Crippen LogP contribution is -2.22. The minimum Gasteiger partial charge on any atom is -0.0948 e. The van der Waals surface area contributed by atoms with Crippen molar-refractivity contribution >= 4 is 24.5 Å². The van der Waals surface area contributed by atoms with Gasteiger partial charge in [0.25, 0.3) is 0 Å². The third-order valence-electron chi connectivity index (χ3n) is 2.80. The molecule has 0 aromatic heterocycles. The smallest absolute Gasteiger partial charge is 0.00690 e. The Morgan fingerprint density at radius 3 is 1.88 bits per heavy atom. The summed E-state index contributed by atoms with van der Waals surface area (Å²) in [6, 6.07) is 6.72. The second-order valence-corrected chi connectivity index (χ2v) is 7.65. The molecule has 16 heavy (non-hydrogen) atoms. The van der Waals surface area contributed by atoms with E-state index in [0.717, 1.165) is 0 Å². The molecule has 0 N–H and O–H groups in total. The van der Waals surface area contributed by atoms with Gasteiger partial charge >= 0.3 is 0 Å². The van der Waals surface area contributed by atoms with Crippen LogP contribution in [0.1, 0.15) is 52.7 Å². The molecular weight excluding hydrogens is 235 g/mol. The van der Waals surface area contributed by atoms with Crippen LogP contribution < -0.4 is 5.30 Å². The second kappa shape index (κ2) is 4.67. The normalized spacial score (nSPS) is 13.7. The summed E-state index contributed by atoms with van der Waals surface area (Å²) in [6.07, 6.45) is 0. The van der Waals surface area contributed by atoms with Crippen LogP contribution in [0.25, 0.3) is 0 Å². The molecule has 1 aromatic rings. The van der Waals surface area contributed by atoms with Gasteiger partial charge in [0.1, 0.15) is 0 Å². The molecule has 0 bridgehead atoms. The van der Waals surface area contributed by atoms with E-state index in [2.05, 4.69) is 59.7 Å². The summed E-state index contributed by atoms with van der Waals surface area (Å²) < 4.78 is 0. The third kappa shape index (κ3) is 3.22. The lowest BCUT2D eigenvalue weighted by Gasteiger charge is -2.26. The Morgan fingerprint density at radius 1 is 0.938 bits per heavy atom. The highest BCUT2D eigenvalue weighted by molar-refractivity contribution is 7.75. The van der Waals surface area contributed by atoms with Crippen LogP contribution in [0.15, 0.2) is 18.2 Å². The minimum atomic E-state index is 0.165. The molecule has 2 heteroatoms. The van der Waals surface area contributed by atoms with E-state index in [1.54, 1.807) is 0 Å². The highest BCUT2D eigenvalue weighted by atomic mass is 35.7. The van der Waals surface area contributed by atoms with Gasteiger partial charge in [0.15, 0.2) is 0 Å². The molecule has 0 aliphatic heterocycles. The van der Waals surface area contributed by atoms with E-state index in [9.17, 15) is 0 Å². The summed E-state index contributed by atoms with van der Waals surface area (Å²) in [5.41, 5.74) is 3.14. The predicted molar refractivity (Wildman–Crippen MR) is 77.6 cm³/mol. The highest BCUT2D eigenvalue weighted by Crippen LogP contribution is 2.31. The summed E-state index contributed by atoms with van der Waals surface area (Å²) in [6.45, 7) is 13.5. The maximum Gasteiger partial charge on any atom is 0.00690 e. The van der Waals surface area contributed by atoms with Crippen molar-refractivity contribution in [1.82, 2.24) is 0 Å². The summed E-state index contributed by atoms with van der Waals surface area (Å²) >= 11 is 6.03. The van der Waals surface area contributed by atoms with Crippen molar-refractivity contribution in [3.05, 3.63) is 29.3 Å². The number of hydrogen-bond donors (Lipinski definition) is 0. The molecule has 1 rings (SSSR count). The molecule has 0 aliphatic carbocycles. The van der Waals surface area contributed by atoms with E-state index >= 15 is 0 Å². The molecule has 0 aliphatic rings. The topological polar surface area (TPSA) is 0 Å². The predicted octanol–water partition coefficient (Wildman–Crippen LogP) is 4.74. The van der Waals surface area contributed by atoms with E-state index in [4.69, 9.17) is 11.2 Å². The molecule has 1 unspecified atom stereocenters. The Kier molecular flexibility index (Phi) is 4.08. The van der Waals surface area contributed by atoms with Gasteiger partial charge in [-0.1, -0.05) is 71.0 Å². The van der Waals surface area contributed by atoms with E-state index < -0.39 is 0 Å². The van der Waals surface area contributed by atoms with Crippen molar-refractivity contribution in [2.75, 3.05) is 0 Å². The van der Waals surface area contributed by atoms with Crippen molar-refractivity contribution in [2.45, 2.75) is 52.4 Å². The van der Waals surface area contributed by atoms with Gasteiger partial charge in [0.05, 0.1) is 0 Å². The maximum atomic E-state index is 6.03. The van der Waals surface area contributed by atoms with Crippen LogP contribution in [-0.2, 0) is 10.8 Å². The van der Waals surface area contributed by atoms with E-state index in [-0.39, 0.29) is 10.8 Å². The van der Waals surface area contributed by atoms with Gasteiger partial charge in [-0.2, -0.15) is 0 Å². The zero-order valence-electron chi connectivity index (χ0n) is 11.1. The van der Waals surface area contributed by atoms with E-state index in [1.807, 2.05) is 0 Å². The fourth-order valence-electron chi connectivity index (χ4n) is 1.71. The molecule has 0 fully saturated rings. The first-order valence-corrected chi connectivity index (χ1v) is 7.69. The molecule has 0 radical (unpaired) electrons. The van der Waals surface area contributed by atoms with Gasteiger partial charge < -0.3 is 0 Å². The van der Waals surface area contributed by atoms with Crippen LogP contribution in [0.3, 0.4) is 0 Å². The standard InChI is InChI=1S/C14H22ClP/c1-13(2,3)10-7-8-12(16-15)11(9-10)14(4,5)6/h7-9,16H,1-6H3. The minimum absolute atomic E-state index is 0.165. The lowest BCUT2D eigenvalue weighted by molar-refractivity contribution is 0.571. The molecule has 0 amide bonds. The average molecular weight is 257 g/mol. The van der Waals surface area contributed by atoms with Crippen molar-refractivity contribution < 1.29 is 0 Å². The van der Waals surface area contributed by atoms with Crippen LogP contribution in [0.5, 0.6) is 0 Å². The summed E-state index contributed by atoms with van der Waals surface area (Å²) in [7, 11) is 0.354. The molecular formula is C14H22ClP. The van der Waals surface area contributed by atoms with Gasteiger partial charge in [0.2, 0.25) is 0 Å². The van der Waals surface area contributed by atoms with Gasteiger partial charge in [-0.3, -0.25) is 0 Å². The van der Waals surface area contributed by atoms with Crippen molar-refractivity contribution in [1.29, 1.82) is 0 Å². The van der Waals surface area contributed by atoms with E-state index in [1.165, 1.54) is 16.4 Å². The molecule has 1 aromatic carbocycles. The van der Waals surface area contributed by atoms with Gasteiger partial charge in [0, 0.05) is 7.93 Å². The molecule has 0 saturated carbocycles. The molecule has 0 heterocycles. The third-order valence-corrected chi connectivity index (χ3v) is 4.05. The molecule has 0 spiro atoms. The van der Waals surface area contributed by atoms with Crippen LogP contribution >= 0.6 is 19.2 Å². The van der Waals surface area contributed by atoms with Crippen LogP contribution in [0, 0.1) is 0 Å². The second-order valence-electron chi connectivity index (χ2n) is 6.35. The van der Waals surface area contributed by atoms with E-state index in [0.29, 0.717) is 7.93 Å². The Labute approximate surface area is 106 Å². The number of rotatable bonds is 1. The van der Waals surface area contributed by atoms with Gasteiger partial charge in [-0.05, 0) is 27.3 Å². The summed E-state index contributed by atoms with van der Waals surface area (Å²) in [5.74, 6) is 0. The SMILES string of the molecule is CC(C)(C)c1ccc(PCl)c(C(C)(C)C)c1. The first-order valence-electron chi connectivity index (χ1n) is 5.68. The Balaban J connectivity index is 3.34.